The van der Waals surface area contributed by atoms with Crippen LogP contribution in [-0.2, 0) is 23.3 Å². The first-order chi connectivity index (χ1) is 17.7. The van der Waals surface area contributed by atoms with E-state index in [9.17, 15) is 0 Å². The summed E-state index contributed by atoms with van der Waals surface area (Å²) < 4.78 is 2.31. The molecule has 0 aliphatic carbocycles. The highest BCUT2D eigenvalue weighted by molar-refractivity contribution is 6.17. The summed E-state index contributed by atoms with van der Waals surface area (Å²) in [6, 6.07) is 26.1. The average Bonchev–Trinajstić information content (AvgIpc) is 3.23. The molecule has 0 saturated heterocycles. The van der Waals surface area contributed by atoms with Crippen LogP contribution in [0.25, 0.3) is 0 Å². The van der Waals surface area contributed by atoms with Crippen molar-refractivity contribution in [1.82, 2.24) is 0 Å². The molecule has 0 radical (unpaired) electrons. The van der Waals surface area contributed by atoms with Gasteiger partial charge in [0.15, 0.2) is 5.71 Å². The van der Waals surface area contributed by atoms with Gasteiger partial charge in [-0.25, -0.2) is 0 Å². The Morgan fingerprint density at radius 1 is 0.757 bits per heavy atom. The second kappa shape index (κ2) is 9.84. The molecule has 0 N–H and O–H groups in total. The number of fused-ring (bicyclic) bond motifs is 2. The van der Waals surface area contributed by atoms with Crippen LogP contribution in [0.5, 0.6) is 0 Å². The van der Waals surface area contributed by atoms with E-state index in [-0.39, 0.29) is 10.8 Å². The van der Waals surface area contributed by atoms with Crippen LogP contribution in [0.15, 0.2) is 109 Å². The first-order valence-electron chi connectivity index (χ1n) is 13.0. The molecule has 3 aromatic carbocycles. The average molecular weight is 508 g/mol. The minimum atomic E-state index is -0.0786. The van der Waals surface area contributed by atoms with Gasteiger partial charge in [0.2, 0.25) is 5.69 Å². The zero-order valence-electron chi connectivity index (χ0n) is 22.5. The lowest BCUT2D eigenvalue weighted by atomic mass is 9.81. The lowest BCUT2D eigenvalue weighted by molar-refractivity contribution is -0.401. The van der Waals surface area contributed by atoms with Crippen molar-refractivity contribution in [3.05, 3.63) is 131 Å². The molecule has 37 heavy (non-hydrogen) atoms. The Morgan fingerprint density at radius 2 is 1.41 bits per heavy atom. The van der Waals surface area contributed by atoms with E-state index in [0.717, 1.165) is 12.1 Å². The molecule has 5 rings (SSSR count). The van der Waals surface area contributed by atoms with Gasteiger partial charge >= 0.3 is 0 Å². The van der Waals surface area contributed by atoms with Crippen molar-refractivity contribution in [1.29, 1.82) is 0 Å². The van der Waals surface area contributed by atoms with Gasteiger partial charge in [-0.1, -0.05) is 92.7 Å². The quantitative estimate of drug-likeness (QED) is 0.184. The van der Waals surface area contributed by atoms with Crippen LogP contribution < -0.4 is 4.90 Å². The summed E-state index contributed by atoms with van der Waals surface area (Å²) in [5.41, 5.74) is 10.3. The number of anilines is 1. The summed E-state index contributed by atoms with van der Waals surface area (Å²) in [5, 5.41) is 0. The van der Waals surface area contributed by atoms with E-state index in [1.165, 1.54) is 39.5 Å². The maximum absolute atomic E-state index is 6.01. The number of allylic oxidation sites excluding steroid dienone is 6. The zero-order chi connectivity index (χ0) is 26.2. The third kappa shape index (κ3) is 4.49. The van der Waals surface area contributed by atoms with Gasteiger partial charge in [-0.15, -0.1) is 11.6 Å². The van der Waals surface area contributed by atoms with E-state index < -0.39 is 0 Å². The Bertz CT molecular complexity index is 1430. The van der Waals surface area contributed by atoms with Crippen LogP contribution in [0.3, 0.4) is 0 Å². The van der Waals surface area contributed by atoms with E-state index >= 15 is 0 Å². The van der Waals surface area contributed by atoms with Crippen molar-refractivity contribution in [2.45, 2.75) is 50.9 Å². The zero-order valence-corrected chi connectivity index (χ0v) is 23.3. The molecule has 0 saturated carbocycles. The monoisotopic (exact) mass is 507 g/mol. The molecule has 3 heteroatoms. The largest absolute Gasteiger partial charge is 0.340 e. The van der Waals surface area contributed by atoms with Gasteiger partial charge in [0.05, 0.1) is 5.41 Å². The number of para-hydroxylation sites is 2. The fourth-order valence-corrected chi connectivity index (χ4v) is 6.07. The van der Waals surface area contributed by atoms with Crippen molar-refractivity contribution in [2.75, 3.05) is 11.9 Å². The molecule has 0 aromatic heterocycles. The summed E-state index contributed by atoms with van der Waals surface area (Å²) in [4.78, 5) is 2.46. The highest BCUT2D eigenvalue weighted by atomic mass is 35.5. The van der Waals surface area contributed by atoms with Gasteiger partial charge in [0.1, 0.15) is 7.05 Å². The van der Waals surface area contributed by atoms with Crippen LogP contribution in [0, 0.1) is 0 Å². The lowest BCUT2D eigenvalue weighted by Crippen LogP contribution is -2.26. The van der Waals surface area contributed by atoms with Crippen molar-refractivity contribution in [3.63, 3.8) is 0 Å². The first kappa shape index (κ1) is 25.3. The smallest absolute Gasteiger partial charge is 0.209 e. The van der Waals surface area contributed by atoms with Gasteiger partial charge in [0, 0.05) is 46.9 Å². The molecule has 0 unspecified atom stereocenters. The fraction of sp³-hybridized carbons (Fsp3) is 0.265. The normalized spacial score (nSPS) is 18.9. The van der Waals surface area contributed by atoms with Crippen LogP contribution in [0.1, 0.15) is 49.9 Å². The maximum Gasteiger partial charge on any atom is 0.209 e. The van der Waals surface area contributed by atoms with Crippen LogP contribution in [0.2, 0.25) is 0 Å². The predicted molar refractivity (Wildman–Crippen MR) is 158 cm³/mol. The highest BCUT2D eigenvalue weighted by Crippen LogP contribution is 2.48. The molecule has 0 fully saturated rings. The Morgan fingerprint density at radius 3 is 2.11 bits per heavy atom. The summed E-state index contributed by atoms with van der Waals surface area (Å²) in [6.45, 7) is 10.1. The number of halogens is 1. The second-order valence-corrected chi connectivity index (χ2v) is 11.3. The minimum absolute atomic E-state index is 0.0148. The van der Waals surface area contributed by atoms with Crippen molar-refractivity contribution < 1.29 is 4.58 Å². The molecule has 0 spiro atoms. The molecule has 2 aliphatic heterocycles. The summed E-state index contributed by atoms with van der Waals surface area (Å²) >= 11 is 6.01. The van der Waals surface area contributed by atoms with E-state index in [4.69, 9.17) is 11.6 Å². The van der Waals surface area contributed by atoms with Crippen molar-refractivity contribution in [3.8, 4) is 0 Å². The highest BCUT2D eigenvalue weighted by Gasteiger charge is 2.42. The Labute approximate surface area is 226 Å². The number of rotatable bonds is 6. The van der Waals surface area contributed by atoms with Crippen molar-refractivity contribution in [2.24, 2.45) is 0 Å². The van der Waals surface area contributed by atoms with Crippen LogP contribution in [-0.4, -0.2) is 17.3 Å². The molecular weight excluding hydrogens is 472 g/mol. The first-order valence-corrected chi connectivity index (χ1v) is 13.6. The number of benzene rings is 3. The third-order valence-corrected chi connectivity index (χ3v) is 8.30. The molecule has 0 amide bonds. The van der Waals surface area contributed by atoms with Gasteiger partial charge in [0.25, 0.3) is 0 Å². The Balaban J connectivity index is 1.42. The molecular formula is C34H36ClN2+. The number of nitrogens with zero attached hydrogens (tertiary/aromatic N) is 2. The SMILES string of the molecule is C[N+]1=C(/C=C/C=C/C=C2/N(Cc3ccc(CCl)cc3)c3ccccc3C2(C)C)C(C)(C)c2ccccc21. The second-order valence-electron chi connectivity index (χ2n) is 11.1. The maximum atomic E-state index is 6.01. The molecule has 188 valence electrons. The van der Waals surface area contributed by atoms with E-state index in [2.05, 4.69) is 147 Å². The van der Waals surface area contributed by atoms with Gasteiger partial charge in [-0.05, 0) is 42.7 Å². The summed E-state index contributed by atoms with van der Waals surface area (Å²) in [6.07, 6.45) is 11.0. The van der Waals surface area contributed by atoms with Crippen LogP contribution in [0.4, 0.5) is 11.4 Å². The Kier molecular flexibility index (Phi) is 6.72. The van der Waals surface area contributed by atoms with Crippen molar-refractivity contribution >= 4 is 28.7 Å². The molecule has 2 heterocycles. The topological polar surface area (TPSA) is 6.25 Å². The predicted octanol–water partition coefficient (Wildman–Crippen LogP) is 8.43. The molecule has 0 bridgehead atoms. The van der Waals surface area contributed by atoms with E-state index in [0.29, 0.717) is 5.88 Å². The standard InChI is InChI=1S/C34H36ClN2/c1-33(2)27-13-9-11-15-29(27)36(5)31(33)17-7-6-8-18-32-34(3,4)28-14-10-12-16-30(28)37(32)24-26-21-19-25(23-35)20-22-26/h6-22H,23-24H2,1-5H3/q+1. The Hall–Kier alpha value is -3.36. The minimum Gasteiger partial charge on any atom is -0.340 e. The van der Waals surface area contributed by atoms with Gasteiger partial charge in [-0.3, -0.25) is 0 Å². The van der Waals surface area contributed by atoms with Crippen LogP contribution >= 0.6 is 11.6 Å². The molecule has 0 atom stereocenters. The molecule has 2 nitrogen and oxygen atoms in total. The lowest BCUT2D eigenvalue weighted by Gasteiger charge is -2.27. The van der Waals surface area contributed by atoms with E-state index in [1.807, 2.05) is 0 Å². The number of hydrogen-bond donors (Lipinski definition) is 0. The number of alkyl halides is 1. The molecule has 2 aliphatic rings. The number of hydrogen-bond acceptors (Lipinski definition) is 1. The summed E-state index contributed by atoms with van der Waals surface area (Å²) in [7, 11) is 2.16. The van der Waals surface area contributed by atoms with Gasteiger partial charge in [-0.2, -0.15) is 4.58 Å². The van der Waals surface area contributed by atoms with Gasteiger partial charge < -0.3 is 4.90 Å². The fourth-order valence-electron chi connectivity index (χ4n) is 5.89. The molecule has 3 aromatic rings. The summed E-state index contributed by atoms with van der Waals surface area (Å²) in [5.74, 6) is 0.543. The van der Waals surface area contributed by atoms with E-state index in [1.54, 1.807) is 0 Å². The third-order valence-electron chi connectivity index (χ3n) is 7.99.